The number of non-ortho nitro benzene ring substituents is 1. The van der Waals surface area contributed by atoms with Gasteiger partial charge in [-0.2, -0.15) is 0 Å². The number of anilines is 1. The van der Waals surface area contributed by atoms with Crippen molar-refractivity contribution in [3.63, 3.8) is 0 Å². The first-order valence-electron chi connectivity index (χ1n) is 10.3. The minimum Gasteiger partial charge on any atom is -0.368 e. The molecule has 1 amide bonds. The van der Waals surface area contributed by atoms with Gasteiger partial charge in [-0.05, 0) is 62.3 Å². The van der Waals surface area contributed by atoms with Crippen molar-refractivity contribution >= 4 is 17.3 Å². The Labute approximate surface area is 159 Å². The first-order chi connectivity index (χ1) is 13.0. The molecule has 1 aromatic rings. The maximum Gasteiger partial charge on any atom is 0.271 e. The zero-order valence-electron chi connectivity index (χ0n) is 15.7. The summed E-state index contributed by atoms with van der Waals surface area (Å²) in [6.45, 7) is 2.95. The van der Waals surface area contributed by atoms with Crippen LogP contribution in [0.2, 0.25) is 0 Å². The number of hydrogen-bond donors (Lipinski definition) is 0. The topological polar surface area (TPSA) is 66.7 Å². The fourth-order valence-corrected chi connectivity index (χ4v) is 6.68. The minimum absolute atomic E-state index is 0.0670. The molecule has 144 valence electrons. The molecular weight excluding hydrogens is 342 g/mol. The van der Waals surface area contributed by atoms with E-state index < -0.39 is 0 Å². The summed E-state index contributed by atoms with van der Waals surface area (Å²) in [5.41, 5.74) is 0.938. The molecule has 4 bridgehead atoms. The Morgan fingerprint density at radius 3 is 2.15 bits per heavy atom. The van der Waals surface area contributed by atoms with E-state index >= 15 is 0 Å². The Hall–Kier alpha value is -2.11. The Bertz CT molecular complexity index is 734. The van der Waals surface area contributed by atoms with Crippen molar-refractivity contribution in [2.75, 3.05) is 31.1 Å². The fourth-order valence-electron chi connectivity index (χ4n) is 6.68. The number of nitro groups is 1. The van der Waals surface area contributed by atoms with Gasteiger partial charge in [0.05, 0.1) is 10.3 Å². The molecule has 6 heteroatoms. The predicted molar refractivity (Wildman–Crippen MR) is 102 cm³/mol. The highest BCUT2D eigenvalue weighted by atomic mass is 16.6. The smallest absolute Gasteiger partial charge is 0.271 e. The van der Waals surface area contributed by atoms with Crippen LogP contribution in [-0.4, -0.2) is 41.9 Å². The van der Waals surface area contributed by atoms with Gasteiger partial charge in [0.15, 0.2) is 0 Å². The molecule has 0 unspecified atom stereocenters. The van der Waals surface area contributed by atoms with E-state index in [1.807, 2.05) is 6.07 Å². The second-order valence-corrected chi connectivity index (χ2v) is 9.25. The summed E-state index contributed by atoms with van der Waals surface area (Å²) in [4.78, 5) is 28.4. The lowest BCUT2D eigenvalue weighted by molar-refractivity contribution is -0.384. The lowest BCUT2D eigenvalue weighted by Crippen LogP contribution is -2.58. The molecular formula is C21H27N3O3. The van der Waals surface area contributed by atoms with E-state index in [4.69, 9.17) is 0 Å². The number of nitro benzene ring substituents is 1. The van der Waals surface area contributed by atoms with Crippen LogP contribution in [-0.2, 0) is 4.79 Å². The molecule has 4 saturated carbocycles. The van der Waals surface area contributed by atoms with Gasteiger partial charge < -0.3 is 9.80 Å². The van der Waals surface area contributed by atoms with E-state index in [1.165, 1.54) is 25.3 Å². The number of carbonyl (C=O) groups is 1. The summed E-state index contributed by atoms with van der Waals surface area (Å²) in [5.74, 6) is 2.75. The maximum atomic E-state index is 13.5. The van der Waals surface area contributed by atoms with E-state index in [0.717, 1.165) is 68.9 Å². The maximum absolute atomic E-state index is 13.5. The Balaban J connectivity index is 1.26. The number of carbonyl (C=O) groups excluding carboxylic acids is 1. The molecule has 1 heterocycles. The Morgan fingerprint density at radius 2 is 1.59 bits per heavy atom. The summed E-state index contributed by atoms with van der Waals surface area (Å²) in [6, 6.07) is 6.82. The molecule has 27 heavy (non-hydrogen) atoms. The third-order valence-electron chi connectivity index (χ3n) is 7.46. The van der Waals surface area contributed by atoms with Gasteiger partial charge in [0.25, 0.3) is 5.69 Å². The summed E-state index contributed by atoms with van der Waals surface area (Å²) in [7, 11) is 0. The van der Waals surface area contributed by atoms with Crippen molar-refractivity contribution in [2.24, 2.45) is 23.2 Å². The van der Waals surface area contributed by atoms with Crippen molar-refractivity contribution < 1.29 is 9.72 Å². The average molecular weight is 369 g/mol. The average Bonchev–Trinajstić information content (AvgIpc) is 2.66. The highest BCUT2D eigenvalue weighted by Gasteiger charge is 2.55. The van der Waals surface area contributed by atoms with Crippen molar-refractivity contribution in [1.82, 2.24) is 4.90 Å². The first-order valence-corrected chi connectivity index (χ1v) is 10.3. The van der Waals surface area contributed by atoms with E-state index in [0.29, 0.717) is 5.91 Å². The molecule has 0 radical (unpaired) electrons. The van der Waals surface area contributed by atoms with E-state index in [2.05, 4.69) is 9.80 Å². The molecule has 4 aliphatic carbocycles. The van der Waals surface area contributed by atoms with Crippen LogP contribution in [0.3, 0.4) is 0 Å². The first kappa shape index (κ1) is 17.0. The van der Waals surface area contributed by atoms with Crippen LogP contribution in [0.4, 0.5) is 11.4 Å². The van der Waals surface area contributed by atoms with Gasteiger partial charge in [0.2, 0.25) is 5.91 Å². The number of amides is 1. The highest BCUT2D eigenvalue weighted by Crippen LogP contribution is 2.60. The van der Waals surface area contributed by atoms with Gasteiger partial charge in [-0.25, -0.2) is 0 Å². The molecule has 6 rings (SSSR count). The molecule has 1 saturated heterocycles. The van der Waals surface area contributed by atoms with E-state index in [-0.39, 0.29) is 16.0 Å². The van der Waals surface area contributed by atoms with Gasteiger partial charge in [-0.1, -0.05) is 6.07 Å². The van der Waals surface area contributed by atoms with Crippen molar-refractivity contribution in [2.45, 2.75) is 38.5 Å². The van der Waals surface area contributed by atoms with Gasteiger partial charge >= 0.3 is 0 Å². The van der Waals surface area contributed by atoms with Crippen LogP contribution < -0.4 is 4.90 Å². The number of nitrogens with zero attached hydrogens (tertiary/aromatic N) is 3. The molecule has 0 N–H and O–H groups in total. The lowest BCUT2D eigenvalue weighted by Gasteiger charge is -2.57. The summed E-state index contributed by atoms with van der Waals surface area (Å²) < 4.78 is 0. The molecule has 5 aliphatic rings. The summed E-state index contributed by atoms with van der Waals surface area (Å²) in [5, 5.41) is 11.0. The van der Waals surface area contributed by atoms with Crippen LogP contribution in [0.25, 0.3) is 0 Å². The molecule has 5 fully saturated rings. The molecule has 0 atom stereocenters. The zero-order chi connectivity index (χ0) is 18.6. The van der Waals surface area contributed by atoms with Crippen LogP contribution in [0.5, 0.6) is 0 Å². The van der Waals surface area contributed by atoms with Crippen molar-refractivity contribution in [1.29, 1.82) is 0 Å². The predicted octanol–water partition coefficient (Wildman–Crippen LogP) is 3.46. The van der Waals surface area contributed by atoms with Crippen molar-refractivity contribution in [3.05, 3.63) is 34.4 Å². The summed E-state index contributed by atoms with van der Waals surface area (Å²) in [6.07, 6.45) is 7.40. The number of rotatable bonds is 3. The van der Waals surface area contributed by atoms with Crippen LogP contribution in [0.15, 0.2) is 24.3 Å². The second kappa shape index (κ2) is 6.21. The SMILES string of the molecule is O=C(N1CCN(c2cccc([N+](=O)[O-])c2)CC1)C12CC3CC(CC(C3)C1)C2. The normalized spacial score (nSPS) is 34.7. The minimum atomic E-state index is -0.351. The van der Waals surface area contributed by atoms with Gasteiger partial charge in [0, 0.05) is 44.0 Å². The van der Waals surface area contributed by atoms with Gasteiger partial charge in [-0.3, -0.25) is 14.9 Å². The van der Waals surface area contributed by atoms with E-state index in [1.54, 1.807) is 12.1 Å². The Kier molecular flexibility index (Phi) is 3.92. The van der Waals surface area contributed by atoms with Crippen molar-refractivity contribution in [3.8, 4) is 0 Å². The van der Waals surface area contributed by atoms with Crippen LogP contribution in [0.1, 0.15) is 38.5 Å². The molecule has 0 aromatic heterocycles. The number of hydrogen-bond acceptors (Lipinski definition) is 4. The number of benzene rings is 1. The molecule has 0 spiro atoms. The number of piperazine rings is 1. The largest absolute Gasteiger partial charge is 0.368 e. The zero-order valence-corrected chi connectivity index (χ0v) is 15.7. The second-order valence-electron chi connectivity index (χ2n) is 9.25. The monoisotopic (exact) mass is 369 g/mol. The van der Waals surface area contributed by atoms with Gasteiger partial charge in [0.1, 0.15) is 0 Å². The van der Waals surface area contributed by atoms with E-state index in [9.17, 15) is 14.9 Å². The Morgan fingerprint density at radius 1 is 1.00 bits per heavy atom. The van der Waals surface area contributed by atoms with Crippen LogP contribution >= 0.6 is 0 Å². The summed E-state index contributed by atoms with van der Waals surface area (Å²) >= 11 is 0. The standard InChI is InChI=1S/C21H27N3O3/c25-20(21-12-15-8-16(13-21)10-17(9-15)14-21)23-6-4-22(5-7-23)18-2-1-3-19(11-18)24(26)27/h1-3,11,15-17H,4-10,12-14H2. The quantitative estimate of drug-likeness (QED) is 0.604. The third-order valence-corrected chi connectivity index (χ3v) is 7.46. The highest BCUT2D eigenvalue weighted by molar-refractivity contribution is 5.83. The van der Waals surface area contributed by atoms with Crippen LogP contribution in [0, 0.1) is 33.3 Å². The molecule has 1 aliphatic heterocycles. The molecule has 6 nitrogen and oxygen atoms in total. The lowest BCUT2D eigenvalue weighted by atomic mass is 9.49. The third kappa shape index (κ3) is 2.89. The van der Waals surface area contributed by atoms with Gasteiger partial charge in [-0.15, -0.1) is 0 Å². The molecule has 1 aromatic carbocycles. The fraction of sp³-hybridized carbons (Fsp3) is 0.667.